The predicted molar refractivity (Wildman–Crippen MR) is 79.0 cm³/mol. The molecule has 112 valence electrons. The van der Waals surface area contributed by atoms with E-state index in [2.05, 4.69) is 5.32 Å². The van der Waals surface area contributed by atoms with E-state index in [4.69, 9.17) is 5.73 Å². The van der Waals surface area contributed by atoms with Crippen molar-refractivity contribution in [1.82, 2.24) is 5.32 Å². The molecule has 0 heterocycles. The van der Waals surface area contributed by atoms with Crippen molar-refractivity contribution in [3.63, 3.8) is 0 Å². The number of amides is 1. The lowest BCUT2D eigenvalue weighted by molar-refractivity contribution is -0.126. The first-order chi connectivity index (χ1) is 9.61. The van der Waals surface area contributed by atoms with Gasteiger partial charge in [0.25, 0.3) is 0 Å². The van der Waals surface area contributed by atoms with Gasteiger partial charge < -0.3 is 11.1 Å². The van der Waals surface area contributed by atoms with E-state index in [1.165, 1.54) is 44.9 Å². The first-order valence-electron chi connectivity index (χ1n) is 8.69. The van der Waals surface area contributed by atoms with Crippen molar-refractivity contribution in [1.29, 1.82) is 0 Å². The number of rotatable bonds is 3. The van der Waals surface area contributed by atoms with Crippen molar-refractivity contribution in [2.75, 3.05) is 0 Å². The fraction of sp³-hybridized carbons (Fsp3) is 0.941. The van der Waals surface area contributed by atoms with Gasteiger partial charge in [-0.1, -0.05) is 12.8 Å². The Morgan fingerprint density at radius 3 is 2.10 bits per heavy atom. The molecule has 3 nitrogen and oxygen atoms in total. The number of carbonyl (C=O) groups excluding carboxylic acids is 1. The summed E-state index contributed by atoms with van der Waals surface area (Å²) in [6.07, 6.45) is 11.9. The van der Waals surface area contributed by atoms with Gasteiger partial charge in [0.2, 0.25) is 5.91 Å². The van der Waals surface area contributed by atoms with Gasteiger partial charge in [-0.05, 0) is 68.6 Å². The quantitative estimate of drug-likeness (QED) is 0.832. The molecule has 5 saturated carbocycles. The minimum atomic E-state index is -0.198. The number of carbonyl (C=O) groups is 1. The average Bonchev–Trinajstić information content (AvgIpc) is 2.79. The largest absolute Gasteiger partial charge is 0.353 e. The lowest BCUT2D eigenvalue weighted by Crippen LogP contribution is -2.56. The van der Waals surface area contributed by atoms with Crippen molar-refractivity contribution in [3.8, 4) is 0 Å². The third-order valence-corrected chi connectivity index (χ3v) is 6.67. The Labute approximate surface area is 122 Å². The molecular weight excluding hydrogens is 248 g/mol. The molecule has 1 amide bonds. The Morgan fingerprint density at radius 1 is 1.00 bits per heavy atom. The van der Waals surface area contributed by atoms with Crippen LogP contribution in [-0.4, -0.2) is 17.5 Å². The molecule has 3 heteroatoms. The SMILES string of the molecule is NC1(CC(=O)NC2C3CC4CC(C3)CC2C4)CCCC1. The van der Waals surface area contributed by atoms with Crippen LogP contribution >= 0.6 is 0 Å². The monoisotopic (exact) mass is 276 g/mol. The molecule has 5 rings (SSSR count). The maximum atomic E-state index is 12.4. The summed E-state index contributed by atoms with van der Waals surface area (Å²) in [4.78, 5) is 12.4. The standard InChI is InChI=1S/C17H28N2O/c18-17(3-1-2-4-17)10-15(20)19-16-13-6-11-5-12(8-13)9-14(16)7-11/h11-14,16H,1-10,18H2,(H,19,20). The maximum absolute atomic E-state index is 12.4. The Balaban J connectivity index is 1.38. The number of nitrogens with two attached hydrogens (primary N) is 1. The first kappa shape index (κ1) is 13.1. The zero-order chi connectivity index (χ0) is 13.7. The van der Waals surface area contributed by atoms with E-state index in [1.807, 2.05) is 0 Å². The molecular formula is C17H28N2O. The second-order valence-corrected chi connectivity index (χ2v) is 8.27. The van der Waals surface area contributed by atoms with Crippen LogP contribution in [0, 0.1) is 23.7 Å². The molecule has 5 fully saturated rings. The molecule has 5 aliphatic carbocycles. The van der Waals surface area contributed by atoms with Crippen LogP contribution in [0.4, 0.5) is 0 Å². The van der Waals surface area contributed by atoms with E-state index in [0.29, 0.717) is 12.5 Å². The molecule has 0 aromatic rings. The zero-order valence-electron chi connectivity index (χ0n) is 12.4. The highest BCUT2D eigenvalue weighted by molar-refractivity contribution is 5.77. The number of hydrogen-bond acceptors (Lipinski definition) is 2. The molecule has 0 aromatic carbocycles. The van der Waals surface area contributed by atoms with Crippen LogP contribution in [-0.2, 0) is 4.79 Å². The predicted octanol–water partition coefficient (Wildman–Crippen LogP) is 2.59. The highest BCUT2D eigenvalue weighted by atomic mass is 16.1. The molecule has 0 aliphatic heterocycles. The third kappa shape index (κ3) is 2.28. The van der Waals surface area contributed by atoms with Crippen LogP contribution in [0.3, 0.4) is 0 Å². The smallest absolute Gasteiger partial charge is 0.222 e. The molecule has 5 aliphatic rings. The van der Waals surface area contributed by atoms with E-state index in [1.54, 1.807) is 0 Å². The highest BCUT2D eigenvalue weighted by Crippen LogP contribution is 2.53. The molecule has 3 N–H and O–H groups in total. The Kier molecular flexibility index (Phi) is 3.10. The van der Waals surface area contributed by atoms with Crippen molar-refractivity contribution >= 4 is 5.91 Å². The summed E-state index contributed by atoms with van der Waals surface area (Å²) in [6, 6.07) is 0.473. The molecule has 0 atom stereocenters. The minimum absolute atomic E-state index is 0.198. The van der Waals surface area contributed by atoms with Gasteiger partial charge in [0.15, 0.2) is 0 Å². The average molecular weight is 276 g/mol. The molecule has 4 bridgehead atoms. The summed E-state index contributed by atoms with van der Waals surface area (Å²) in [5, 5.41) is 3.40. The van der Waals surface area contributed by atoms with Crippen molar-refractivity contribution in [3.05, 3.63) is 0 Å². The van der Waals surface area contributed by atoms with Crippen molar-refractivity contribution < 1.29 is 4.79 Å². The van der Waals surface area contributed by atoms with Crippen LogP contribution in [0.1, 0.15) is 64.2 Å². The number of nitrogens with one attached hydrogen (secondary N) is 1. The number of hydrogen-bond donors (Lipinski definition) is 2. The second-order valence-electron chi connectivity index (χ2n) is 8.27. The molecule has 0 radical (unpaired) electrons. The van der Waals surface area contributed by atoms with Crippen molar-refractivity contribution in [2.45, 2.75) is 75.8 Å². The summed E-state index contributed by atoms with van der Waals surface area (Å²) in [5.41, 5.74) is 6.15. The highest BCUT2D eigenvalue weighted by Gasteiger charge is 2.48. The van der Waals surface area contributed by atoms with E-state index in [-0.39, 0.29) is 11.4 Å². The van der Waals surface area contributed by atoms with Gasteiger partial charge in [0.1, 0.15) is 0 Å². The molecule has 0 aromatic heterocycles. The topological polar surface area (TPSA) is 55.1 Å². The summed E-state index contributed by atoms with van der Waals surface area (Å²) >= 11 is 0. The third-order valence-electron chi connectivity index (χ3n) is 6.67. The molecule has 0 spiro atoms. The van der Waals surface area contributed by atoms with Gasteiger partial charge in [-0.2, -0.15) is 0 Å². The Hall–Kier alpha value is -0.570. The molecule has 0 saturated heterocycles. The van der Waals surface area contributed by atoms with E-state index in [9.17, 15) is 4.79 Å². The van der Waals surface area contributed by atoms with Crippen molar-refractivity contribution in [2.24, 2.45) is 29.4 Å². The fourth-order valence-electron chi connectivity index (χ4n) is 5.97. The second kappa shape index (κ2) is 4.72. The molecule has 20 heavy (non-hydrogen) atoms. The van der Waals surface area contributed by atoms with Crippen LogP contribution in [0.5, 0.6) is 0 Å². The van der Waals surface area contributed by atoms with Gasteiger partial charge in [-0.25, -0.2) is 0 Å². The summed E-state index contributed by atoms with van der Waals surface area (Å²) in [6.45, 7) is 0. The van der Waals surface area contributed by atoms with Gasteiger partial charge in [-0.3, -0.25) is 4.79 Å². The zero-order valence-corrected chi connectivity index (χ0v) is 12.4. The van der Waals surface area contributed by atoms with Gasteiger partial charge >= 0.3 is 0 Å². The Morgan fingerprint density at radius 2 is 1.55 bits per heavy atom. The van der Waals surface area contributed by atoms with Crippen LogP contribution < -0.4 is 11.1 Å². The Bertz CT molecular complexity index is 372. The van der Waals surface area contributed by atoms with Gasteiger partial charge in [0.05, 0.1) is 0 Å². The lowest BCUT2D eigenvalue weighted by Gasteiger charge is -2.54. The van der Waals surface area contributed by atoms with Crippen LogP contribution in [0.2, 0.25) is 0 Å². The van der Waals surface area contributed by atoms with Gasteiger partial charge in [0, 0.05) is 18.0 Å². The lowest BCUT2D eigenvalue weighted by atomic mass is 9.54. The van der Waals surface area contributed by atoms with Crippen LogP contribution in [0.25, 0.3) is 0 Å². The summed E-state index contributed by atoms with van der Waals surface area (Å²) in [5.74, 6) is 3.72. The molecule has 0 unspecified atom stereocenters. The van der Waals surface area contributed by atoms with E-state index >= 15 is 0 Å². The van der Waals surface area contributed by atoms with E-state index in [0.717, 1.165) is 36.5 Å². The summed E-state index contributed by atoms with van der Waals surface area (Å²) < 4.78 is 0. The normalized spacial score (nSPS) is 44.8. The first-order valence-corrected chi connectivity index (χ1v) is 8.69. The minimum Gasteiger partial charge on any atom is -0.353 e. The van der Waals surface area contributed by atoms with E-state index < -0.39 is 0 Å². The fourth-order valence-corrected chi connectivity index (χ4v) is 5.97. The summed E-state index contributed by atoms with van der Waals surface area (Å²) in [7, 11) is 0. The maximum Gasteiger partial charge on any atom is 0.222 e. The van der Waals surface area contributed by atoms with Crippen LogP contribution in [0.15, 0.2) is 0 Å². The van der Waals surface area contributed by atoms with Gasteiger partial charge in [-0.15, -0.1) is 0 Å².